The van der Waals surface area contributed by atoms with Crippen molar-refractivity contribution in [3.05, 3.63) is 100 Å². The number of nitro groups is 1. The van der Waals surface area contributed by atoms with Crippen molar-refractivity contribution in [3.8, 4) is 11.5 Å². The van der Waals surface area contributed by atoms with Gasteiger partial charge in [-0.2, -0.15) is 9.78 Å². The van der Waals surface area contributed by atoms with Gasteiger partial charge in [0, 0.05) is 21.5 Å². The summed E-state index contributed by atoms with van der Waals surface area (Å²) in [5.41, 5.74) is 0.298. The van der Waals surface area contributed by atoms with E-state index in [1.165, 1.54) is 30.1 Å². The highest BCUT2D eigenvalue weighted by molar-refractivity contribution is 9.10. The molecule has 202 valence electrons. The van der Waals surface area contributed by atoms with Crippen molar-refractivity contribution in [3.63, 3.8) is 0 Å². The molecule has 3 aromatic carbocycles. The monoisotopic (exact) mass is 632 g/mol. The molecule has 0 atom stereocenters. The van der Waals surface area contributed by atoms with Crippen molar-refractivity contribution in [1.29, 1.82) is 0 Å². The summed E-state index contributed by atoms with van der Waals surface area (Å²) in [4.78, 5) is 29.5. The Kier molecular flexibility index (Phi) is 8.29. The van der Waals surface area contributed by atoms with Gasteiger partial charge in [0.05, 0.1) is 39.2 Å². The van der Waals surface area contributed by atoms with Crippen molar-refractivity contribution < 1.29 is 14.4 Å². The SMILES string of the molecule is COc1cc(C=Nn2c(C(C)(C)C)nc3ccc(Br)cc3c2=O)cc([N+](=O)[O-])c1OCc1ccc(Cl)c(Cl)c1. The van der Waals surface area contributed by atoms with Crippen molar-refractivity contribution in [2.75, 3.05) is 7.11 Å². The van der Waals surface area contributed by atoms with Crippen LogP contribution in [-0.2, 0) is 12.0 Å². The van der Waals surface area contributed by atoms with Gasteiger partial charge in [0.2, 0.25) is 5.75 Å². The van der Waals surface area contributed by atoms with Gasteiger partial charge in [-0.3, -0.25) is 14.9 Å². The van der Waals surface area contributed by atoms with E-state index in [4.69, 9.17) is 32.7 Å². The molecule has 39 heavy (non-hydrogen) atoms. The minimum absolute atomic E-state index is 0.00974. The molecule has 1 aromatic heterocycles. The molecular weight excluding hydrogens is 611 g/mol. The normalized spacial score (nSPS) is 11.8. The number of aromatic nitrogens is 2. The fourth-order valence-corrected chi connectivity index (χ4v) is 4.45. The number of nitro benzene ring substituents is 1. The summed E-state index contributed by atoms with van der Waals surface area (Å²) < 4.78 is 13.1. The Balaban J connectivity index is 1.77. The van der Waals surface area contributed by atoms with Crippen LogP contribution in [0.5, 0.6) is 11.5 Å². The molecule has 0 aliphatic carbocycles. The van der Waals surface area contributed by atoms with E-state index in [0.29, 0.717) is 37.9 Å². The van der Waals surface area contributed by atoms with Crippen molar-refractivity contribution in [1.82, 2.24) is 9.66 Å². The zero-order valence-electron chi connectivity index (χ0n) is 21.4. The molecule has 0 aliphatic heterocycles. The lowest BCUT2D eigenvalue weighted by Gasteiger charge is -2.20. The van der Waals surface area contributed by atoms with Gasteiger partial charge in [0.1, 0.15) is 12.4 Å². The number of methoxy groups -OCH3 is 1. The van der Waals surface area contributed by atoms with E-state index in [9.17, 15) is 14.9 Å². The number of benzene rings is 3. The molecule has 0 saturated heterocycles. The second-order valence-electron chi connectivity index (χ2n) is 9.57. The number of fused-ring (bicyclic) bond motifs is 1. The summed E-state index contributed by atoms with van der Waals surface area (Å²) in [6.45, 7) is 5.74. The van der Waals surface area contributed by atoms with E-state index in [0.717, 1.165) is 4.47 Å². The number of hydrogen-bond acceptors (Lipinski definition) is 7. The Bertz CT molecular complexity index is 1680. The minimum atomic E-state index is -0.577. The van der Waals surface area contributed by atoms with Crippen molar-refractivity contribution in [2.24, 2.45) is 5.10 Å². The first-order valence-corrected chi connectivity index (χ1v) is 13.1. The van der Waals surface area contributed by atoms with Crippen LogP contribution in [0.2, 0.25) is 10.0 Å². The Morgan fingerprint density at radius 3 is 2.51 bits per heavy atom. The molecule has 0 bridgehead atoms. The van der Waals surface area contributed by atoms with Gasteiger partial charge in [0.15, 0.2) is 5.75 Å². The van der Waals surface area contributed by atoms with Gasteiger partial charge in [-0.1, -0.05) is 66.0 Å². The maximum absolute atomic E-state index is 13.4. The fourth-order valence-electron chi connectivity index (χ4n) is 3.77. The summed E-state index contributed by atoms with van der Waals surface area (Å²) in [7, 11) is 1.37. The van der Waals surface area contributed by atoms with Gasteiger partial charge < -0.3 is 9.47 Å². The van der Waals surface area contributed by atoms with Gasteiger partial charge in [-0.05, 0) is 42.0 Å². The van der Waals surface area contributed by atoms with E-state index in [-0.39, 0.29) is 29.4 Å². The molecule has 0 radical (unpaired) electrons. The number of rotatable bonds is 7. The summed E-state index contributed by atoms with van der Waals surface area (Å²) >= 11 is 15.4. The smallest absolute Gasteiger partial charge is 0.315 e. The zero-order chi connectivity index (χ0) is 28.5. The fraction of sp³-hybridized carbons (Fsp3) is 0.222. The minimum Gasteiger partial charge on any atom is -0.493 e. The molecule has 4 rings (SSSR count). The molecule has 0 fully saturated rings. The first-order chi connectivity index (χ1) is 18.4. The second kappa shape index (κ2) is 11.3. The topological polar surface area (TPSA) is 109 Å². The van der Waals surface area contributed by atoms with Crippen LogP contribution >= 0.6 is 39.1 Å². The molecule has 0 spiro atoms. The van der Waals surface area contributed by atoms with Crippen LogP contribution in [0.1, 0.15) is 37.7 Å². The van der Waals surface area contributed by atoms with E-state index >= 15 is 0 Å². The molecule has 9 nitrogen and oxygen atoms in total. The van der Waals surface area contributed by atoms with Gasteiger partial charge in [-0.15, -0.1) is 0 Å². The number of nitrogens with zero attached hydrogens (tertiary/aromatic N) is 4. The Morgan fingerprint density at radius 2 is 1.87 bits per heavy atom. The largest absolute Gasteiger partial charge is 0.493 e. The Hall–Kier alpha value is -3.47. The van der Waals surface area contributed by atoms with Crippen LogP contribution in [0.25, 0.3) is 10.9 Å². The average Bonchev–Trinajstić information content (AvgIpc) is 2.88. The third-order valence-electron chi connectivity index (χ3n) is 5.64. The van der Waals surface area contributed by atoms with Crippen LogP contribution in [0.15, 0.2) is 62.9 Å². The number of ether oxygens (including phenoxy) is 2. The zero-order valence-corrected chi connectivity index (χ0v) is 24.5. The molecule has 1 heterocycles. The standard InChI is InChI=1S/C27H23BrCl2N4O5/c1-27(2,3)26-32-21-8-6-17(28)12-18(21)25(35)33(26)31-13-16-10-22(34(36)37)24(23(11-16)38-4)39-14-15-5-7-19(29)20(30)9-15/h5-13H,14H2,1-4H3. The van der Waals surface area contributed by atoms with Crippen LogP contribution in [0, 0.1) is 10.1 Å². The van der Waals surface area contributed by atoms with Crippen LogP contribution in [-0.4, -0.2) is 27.9 Å². The van der Waals surface area contributed by atoms with E-state index < -0.39 is 10.3 Å². The lowest BCUT2D eigenvalue weighted by Crippen LogP contribution is -2.29. The number of halogens is 3. The molecule has 4 aromatic rings. The summed E-state index contributed by atoms with van der Waals surface area (Å²) in [6.07, 6.45) is 1.35. The van der Waals surface area contributed by atoms with Crippen molar-refractivity contribution in [2.45, 2.75) is 32.8 Å². The molecule has 0 unspecified atom stereocenters. The first kappa shape index (κ1) is 28.5. The quantitative estimate of drug-likeness (QED) is 0.122. The van der Waals surface area contributed by atoms with Crippen molar-refractivity contribution >= 4 is 61.9 Å². The highest BCUT2D eigenvalue weighted by atomic mass is 79.9. The van der Waals surface area contributed by atoms with E-state index in [2.05, 4.69) is 26.0 Å². The van der Waals surface area contributed by atoms with E-state index in [1.807, 2.05) is 26.8 Å². The average molecular weight is 634 g/mol. The van der Waals surface area contributed by atoms with Gasteiger partial charge in [0.25, 0.3) is 5.56 Å². The summed E-state index contributed by atoms with van der Waals surface area (Å²) in [5.74, 6) is 0.492. The predicted molar refractivity (Wildman–Crippen MR) is 156 cm³/mol. The first-order valence-electron chi connectivity index (χ1n) is 11.6. The van der Waals surface area contributed by atoms with Gasteiger partial charge >= 0.3 is 5.69 Å². The third kappa shape index (κ3) is 6.24. The maximum atomic E-state index is 13.4. The molecule has 0 amide bonds. The summed E-state index contributed by atoms with van der Waals surface area (Å²) in [6, 6.07) is 13.0. The third-order valence-corrected chi connectivity index (χ3v) is 6.88. The second-order valence-corrected chi connectivity index (χ2v) is 11.3. The van der Waals surface area contributed by atoms with Gasteiger partial charge in [-0.25, -0.2) is 4.98 Å². The van der Waals surface area contributed by atoms with Crippen LogP contribution in [0.3, 0.4) is 0 Å². The lowest BCUT2D eigenvalue weighted by atomic mass is 9.95. The molecular formula is C27H23BrCl2N4O5. The number of hydrogen-bond donors (Lipinski definition) is 0. The van der Waals surface area contributed by atoms with E-state index in [1.54, 1.807) is 30.3 Å². The molecule has 0 N–H and O–H groups in total. The Morgan fingerprint density at radius 1 is 1.13 bits per heavy atom. The van der Waals surface area contributed by atoms with Crippen LogP contribution < -0.4 is 15.0 Å². The summed E-state index contributed by atoms with van der Waals surface area (Å²) in [5, 5.41) is 17.5. The van der Waals surface area contributed by atoms with Crippen LogP contribution in [0.4, 0.5) is 5.69 Å². The lowest BCUT2D eigenvalue weighted by molar-refractivity contribution is -0.386. The maximum Gasteiger partial charge on any atom is 0.315 e. The highest BCUT2D eigenvalue weighted by Gasteiger charge is 2.24. The molecule has 12 heteroatoms. The molecule has 0 saturated carbocycles. The Labute approximate surface area is 242 Å². The molecule has 0 aliphatic rings. The predicted octanol–water partition coefficient (Wildman–Crippen LogP) is 7.14. The highest BCUT2D eigenvalue weighted by Crippen LogP contribution is 2.39.